The predicted molar refractivity (Wildman–Crippen MR) is 123 cm³/mol. The second-order valence-electron chi connectivity index (χ2n) is 9.65. The number of rotatable bonds is 4. The molecule has 1 saturated heterocycles. The van der Waals surface area contributed by atoms with Gasteiger partial charge in [0, 0.05) is 23.4 Å². The van der Waals surface area contributed by atoms with Gasteiger partial charge in [-0.25, -0.2) is 0 Å². The van der Waals surface area contributed by atoms with E-state index in [9.17, 15) is 19.2 Å². The molecule has 2 unspecified atom stereocenters. The van der Waals surface area contributed by atoms with Crippen molar-refractivity contribution in [3.63, 3.8) is 0 Å². The van der Waals surface area contributed by atoms with Crippen LogP contribution in [0.1, 0.15) is 82.6 Å². The van der Waals surface area contributed by atoms with E-state index >= 15 is 0 Å². The average molecular weight is 462 g/mol. The first-order valence-corrected chi connectivity index (χ1v) is 12.1. The lowest BCUT2D eigenvalue weighted by Crippen LogP contribution is -2.47. The predicted octanol–water partition coefficient (Wildman–Crippen LogP) is 2.19. The maximum Gasteiger partial charge on any atom is 0.264 e. The SMILES string of the molecule is O=C1CCC(N2C(=O)c3cccc(NC4CCc5c4cnn5C4CCNCC4)c3C2=O)C(=O)C1. The Bertz CT molecular complexity index is 1210. The first kappa shape index (κ1) is 21.2. The number of fused-ring (bicyclic) bond motifs is 2. The fourth-order valence-electron chi connectivity index (χ4n) is 5.93. The third-order valence-corrected chi connectivity index (χ3v) is 7.66. The molecule has 4 aliphatic rings. The molecule has 9 heteroatoms. The van der Waals surface area contributed by atoms with Gasteiger partial charge in [0.15, 0.2) is 5.78 Å². The fraction of sp³-hybridized carbons (Fsp3) is 0.480. The van der Waals surface area contributed by atoms with Gasteiger partial charge >= 0.3 is 0 Å². The molecule has 176 valence electrons. The van der Waals surface area contributed by atoms with Gasteiger partial charge in [0.1, 0.15) is 5.78 Å². The van der Waals surface area contributed by atoms with E-state index in [0.717, 1.165) is 49.2 Å². The number of piperidine rings is 1. The van der Waals surface area contributed by atoms with Gasteiger partial charge in [0.05, 0.1) is 41.9 Å². The number of amides is 2. The minimum absolute atomic E-state index is 0.00264. The van der Waals surface area contributed by atoms with Gasteiger partial charge in [0.25, 0.3) is 11.8 Å². The van der Waals surface area contributed by atoms with Crippen molar-refractivity contribution in [3.8, 4) is 0 Å². The summed E-state index contributed by atoms with van der Waals surface area (Å²) < 4.78 is 2.18. The van der Waals surface area contributed by atoms with Crippen molar-refractivity contribution < 1.29 is 19.2 Å². The number of carbonyl (C=O) groups is 4. The molecular formula is C25H27N5O4. The number of hydrogen-bond acceptors (Lipinski definition) is 7. The van der Waals surface area contributed by atoms with E-state index in [0.29, 0.717) is 22.9 Å². The first-order chi connectivity index (χ1) is 16.5. The van der Waals surface area contributed by atoms with Crippen molar-refractivity contribution in [3.05, 3.63) is 46.8 Å². The number of imide groups is 1. The lowest BCUT2D eigenvalue weighted by atomic mass is 9.92. The fourth-order valence-corrected chi connectivity index (χ4v) is 5.93. The molecule has 0 spiro atoms. The third-order valence-electron chi connectivity index (χ3n) is 7.66. The van der Waals surface area contributed by atoms with E-state index in [1.807, 2.05) is 12.3 Å². The Hall–Kier alpha value is -3.33. The molecule has 2 atom stereocenters. The molecule has 0 bridgehead atoms. The standard InChI is InChI=1S/C25H27N5O4/c31-15-4-6-21(22(32)12-15)29-24(33)16-2-1-3-19(23(16)25(29)34)28-18-5-7-20-17(18)13-27-30(20)14-8-10-26-11-9-14/h1-3,13-14,18,21,26,28H,4-12H2. The Morgan fingerprint density at radius 1 is 0.971 bits per heavy atom. The Morgan fingerprint density at radius 2 is 1.79 bits per heavy atom. The van der Waals surface area contributed by atoms with Crippen molar-refractivity contribution >= 4 is 29.1 Å². The number of anilines is 1. The number of carbonyl (C=O) groups excluding carboxylic acids is 4. The number of aromatic nitrogens is 2. The molecule has 2 fully saturated rings. The number of benzene rings is 1. The molecule has 2 aliphatic carbocycles. The summed E-state index contributed by atoms with van der Waals surface area (Å²) in [6, 6.07) is 4.76. The summed E-state index contributed by atoms with van der Waals surface area (Å²) in [5.41, 5.74) is 3.62. The molecule has 34 heavy (non-hydrogen) atoms. The molecule has 1 aromatic heterocycles. The van der Waals surface area contributed by atoms with Gasteiger partial charge in [-0.05, 0) is 57.3 Å². The zero-order chi connectivity index (χ0) is 23.4. The maximum absolute atomic E-state index is 13.4. The molecule has 3 heterocycles. The smallest absolute Gasteiger partial charge is 0.264 e. The van der Waals surface area contributed by atoms with Gasteiger partial charge in [-0.3, -0.25) is 28.8 Å². The number of nitrogens with zero attached hydrogens (tertiary/aromatic N) is 3. The number of nitrogens with one attached hydrogen (secondary N) is 2. The maximum atomic E-state index is 13.4. The second-order valence-corrected chi connectivity index (χ2v) is 9.65. The molecule has 0 radical (unpaired) electrons. The van der Waals surface area contributed by atoms with Gasteiger partial charge < -0.3 is 10.6 Å². The highest BCUT2D eigenvalue weighted by Gasteiger charge is 2.45. The van der Waals surface area contributed by atoms with Crippen molar-refractivity contribution in [2.45, 2.75) is 63.1 Å². The molecule has 1 saturated carbocycles. The Kier molecular flexibility index (Phi) is 5.09. The van der Waals surface area contributed by atoms with Crippen LogP contribution in [0.15, 0.2) is 24.4 Å². The summed E-state index contributed by atoms with van der Waals surface area (Å²) >= 11 is 0. The van der Waals surface area contributed by atoms with Gasteiger partial charge in [-0.1, -0.05) is 6.07 Å². The summed E-state index contributed by atoms with van der Waals surface area (Å²) in [4.78, 5) is 51.7. The lowest BCUT2D eigenvalue weighted by molar-refractivity contribution is -0.132. The molecule has 2 aliphatic heterocycles. The quantitative estimate of drug-likeness (QED) is 0.530. The Labute approximate surface area is 196 Å². The molecule has 9 nitrogen and oxygen atoms in total. The van der Waals surface area contributed by atoms with E-state index in [4.69, 9.17) is 5.10 Å². The van der Waals surface area contributed by atoms with Gasteiger partial charge in [0.2, 0.25) is 0 Å². The minimum atomic E-state index is -0.862. The van der Waals surface area contributed by atoms with Crippen LogP contribution in [0.2, 0.25) is 0 Å². The van der Waals surface area contributed by atoms with Crippen molar-refractivity contribution in [1.29, 1.82) is 0 Å². The van der Waals surface area contributed by atoms with E-state index in [2.05, 4.69) is 15.3 Å². The van der Waals surface area contributed by atoms with Crippen LogP contribution in [-0.4, -0.2) is 57.2 Å². The number of hydrogen-bond donors (Lipinski definition) is 2. The summed E-state index contributed by atoms with van der Waals surface area (Å²) in [5.74, 6) is -1.41. The molecule has 2 aromatic rings. The monoisotopic (exact) mass is 461 g/mol. The van der Waals surface area contributed by atoms with Crippen LogP contribution in [0.3, 0.4) is 0 Å². The third kappa shape index (κ3) is 3.29. The number of Topliss-reactive ketones (excluding diaryl/α,β-unsaturated/α-hetero) is 2. The van der Waals surface area contributed by atoms with E-state index < -0.39 is 17.9 Å². The molecule has 2 amide bonds. The molecule has 1 aromatic carbocycles. The Morgan fingerprint density at radius 3 is 2.59 bits per heavy atom. The van der Waals surface area contributed by atoms with E-state index in [-0.39, 0.29) is 36.9 Å². The van der Waals surface area contributed by atoms with Crippen molar-refractivity contribution in [1.82, 2.24) is 20.0 Å². The van der Waals surface area contributed by atoms with Crippen LogP contribution in [0, 0.1) is 0 Å². The molecular weight excluding hydrogens is 434 g/mol. The zero-order valence-electron chi connectivity index (χ0n) is 18.9. The summed E-state index contributed by atoms with van der Waals surface area (Å²) in [7, 11) is 0. The van der Waals surface area contributed by atoms with Crippen LogP contribution in [0.4, 0.5) is 5.69 Å². The van der Waals surface area contributed by atoms with Crippen molar-refractivity contribution in [2.24, 2.45) is 0 Å². The number of ketones is 2. The first-order valence-electron chi connectivity index (χ1n) is 12.1. The van der Waals surface area contributed by atoms with Crippen LogP contribution < -0.4 is 10.6 Å². The van der Waals surface area contributed by atoms with E-state index in [1.165, 1.54) is 5.69 Å². The average Bonchev–Trinajstić information content (AvgIpc) is 3.50. The van der Waals surface area contributed by atoms with Crippen LogP contribution in [-0.2, 0) is 16.0 Å². The highest BCUT2D eigenvalue weighted by atomic mass is 16.2. The summed E-state index contributed by atoms with van der Waals surface area (Å²) in [6.45, 7) is 2.00. The minimum Gasteiger partial charge on any atom is -0.377 e. The largest absolute Gasteiger partial charge is 0.377 e. The molecule has 6 rings (SSSR count). The summed E-state index contributed by atoms with van der Waals surface area (Å²) in [6.07, 6.45) is 6.06. The summed E-state index contributed by atoms with van der Waals surface area (Å²) in [5, 5.41) is 11.6. The van der Waals surface area contributed by atoms with Crippen LogP contribution in [0.25, 0.3) is 0 Å². The van der Waals surface area contributed by atoms with E-state index in [1.54, 1.807) is 12.1 Å². The normalized spacial score (nSPS) is 25.1. The highest BCUT2D eigenvalue weighted by molar-refractivity contribution is 6.25. The van der Waals surface area contributed by atoms with Gasteiger partial charge in [-0.2, -0.15) is 5.10 Å². The second kappa shape index (κ2) is 8.16. The Balaban J connectivity index is 1.26. The highest BCUT2D eigenvalue weighted by Crippen LogP contribution is 2.39. The van der Waals surface area contributed by atoms with Gasteiger partial charge in [-0.15, -0.1) is 0 Å². The van der Waals surface area contributed by atoms with Crippen molar-refractivity contribution in [2.75, 3.05) is 18.4 Å². The van der Waals surface area contributed by atoms with Crippen LogP contribution >= 0.6 is 0 Å². The molecule has 2 N–H and O–H groups in total. The topological polar surface area (TPSA) is 113 Å². The zero-order valence-corrected chi connectivity index (χ0v) is 18.9. The van der Waals surface area contributed by atoms with Crippen LogP contribution in [0.5, 0.6) is 0 Å². The lowest BCUT2D eigenvalue weighted by Gasteiger charge is -2.27.